The Kier molecular flexibility index (Phi) is 11.7. The second-order valence-electron chi connectivity index (χ2n) is 13.6. The third-order valence-electron chi connectivity index (χ3n) is 9.03. The first-order chi connectivity index (χ1) is 23.2. The smallest absolute Gasteiger partial charge is 0.124 e. The van der Waals surface area contributed by atoms with Gasteiger partial charge in [0.2, 0.25) is 0 Å². The van der Waals surface area contributed by atoms with E-state index in [0.717, 1.165) is 50.9 Å². The van der Waals surface area contributed by atoms with Crippen LogP contribution in [-0.4, -0.2) is 9.97 Å². The van der Waals surface area contributed by atoms with E-state index in [1.165, 1.54) is 33.4 Å². The van der Waals surface area contributed by atoms with Gasteiger partial charge >= 0.3 is 0 Å². The van der Waals surface area contributed by atoms with Gasteiger partial charge in [-0.05, 0) is 64.9 Å². The van der Waals surface area contributed by atoms with Crippen molar-refractivity contribution < 1.29 is 24.5 Å². The van der Waals surface area contributed by atoms with Crippen LogP contribution in [0.2, 0.25) is 0 Å². The number of furan rings is 1. The number of aromatic nitrogens is 2. The van der Waals surface area contributed by atoms with Crippen molar-refractivity contribution in [1.82, 2.24) is 9.97 Å². The second kappa shape index (κ2) is 15.9. The van der Waals surface area contributed by atoms with Gasteiger partial charge in [0.25, 0.3) is 0 Å². The third kappa shape index (κ3) is 8.27. The number of hydrogen-bond acceptors (Lipinski definition) is 3. The molecule has 4 heteroatoms. The molecule has 0 aliphatic carbocycles. The number of rotatable bonds is 7. The first-order valence-corrected chi connectivity index (χ1v) is 17.0. The van der Waals surface area contributed by atoms with Crippen LogP contribution in [0.15, 0.2) is 114 Å². The normalized spacial score (nSPS) is 11.8. The minimum Gasteiger partial charge on any atom is -0.500 e. The van der Waals surface area contributed by atoms with Gasteiger partial charge in [-0.3, -0.25) is 0 Å². The van der Waals surface area contributed by atoms with Crippen molar-refractivity contribution >= 4 is 21.9 Å². The van der Waals surface area contributed by atoms with Crippen LogP contribution in [0.5, 0.6) is 0 Å². The molecule has 4 aromatic carbocycles. The van der Waals surface area contributed by atoms with Crippen LogP contribution < -0.4 is 0 Å². The Bertz CT molecular complexity index is 2150. The Hall–Kier alpha value is -4.37. The van der Waals surface area contributed by atoms with Crippen molar-refractivity contribution in [3.8, 4) is 22.5 Å². The predicted octanol–water partition coefficient (Wildman–Crippen LogP) is 12.1. The number of aryl methyl sites for hydroxylation is 2. The van der Waals surface area contributed by atoms with Gasteiger partial charge in [0.05, 0.1) is 5.58 Å². The first kappa shape index (κ1) is 35.9. The van der Waals surface area contributed by atoms with E-state index in [9.17, 15) is 0 Å². The molecule has 0 saturated carbocycles. The molecule has 3 aromatic heterocycles. The monoisotopic (exact) mass is 821 g/mol. The standard InChI is InChI=1S/C28H24NO.C17H20N.Ir/c1-18(2)23-10-7-11-24-25-16-22(12-13-27(25)30-28(23)24)26-17-21(14-15-29-26)19(3)20-8-5-4-6-9-20;1-12(2)9-16-10-17(18-11-14(16)4)15-7-5-13(3)6-8-15;/h4-11,13-19H,1-3H3;5-7,10-12H,9H2,1-4H3;/q2*-1;. The van der Waals surface area contributed by atoms with Crippen molar-refractivity contribution in [2.75, 3.05) is 0 Å². The van der Waals surface area contributed by atoms with Crippen molar-refractivity contribution in [3.63, 3.8) is 0 Å². The largest absolute Gasteiger partial charge is 0.500 e. The Balaban J connectivity index is 0.000000212. The van der Waals surface area contributed by atoms with Gasteiger partial charge in [-0.1, -0.05) is 113 Å². The van der Waals surface area contributed by atoms with Crippen LogP contribution in [0.3, 0.4) is 0 Å². The number of benzene rings is 4. The summed E-state index contributed by atoms with van der Waals surface area (Å²) in [5.41, 5.74) is 13.6. The number of pyridine rings is 2. The molecule has 0 aliphatic rings. The van der Waals surface area contributed by atoms with Crippen molar-refractivity contribution in [2.24, 2.45) is 5.92 Å². The SMILES string of the molecule is CC(C)c1cccc2c1oc1c[c-]c(-c3cc(C(C)c4ccccc4)ccn3)cc12.Cc1c[c-]c(-c2cc(CC(C)C)c(C)cn2)cc1.[Ir]. The van der Waals surface area contributed by atoms with Crippen molar-refractivity contribution in [1.29, 1.82) is 0 Å². The summed E-state index contributed by atoms with van der Waals surface area (Å²) in [6.45, 7) is 15.3. The van der Waals surface area contributed by atoms with E-state index < -0.39 is 0 Å². The van der Waals surface area contributed by atoms with Crippen LogP contribution in [0.25, 0.3) is 44.5 Å². The predicted molar refractivity (Wildman–Crippen MR) is 200 cm³/mol. The van der Waals surface area contributed by atoms with Gasteiger partial charge in [0, 0.05) is 43.8 Å². The maximum atomic E-state index is 6.20. The molecule has 49 heavy (non-hydrogen) atoms. The van der Waals surface area contributed by atoms with Crippen molar-refractivity contribution in [2.45, 2.75) is 66.7 Å². The summed E-state index contributed by atoms with van der Waals surface area (Å²) in [4.78, 5) is 9.16. The van der Waals surface area contributed by atoms with Gasteiger partial charge in [-0.25, -0.2) is 0 Å². The van der Waals surface area contributed by atoms with Crippen LogP contribution in [0.4, 0.5) is 0 Å². The van der Waals surface area contributed by atoms with Gasteiger partial charge < -0.3 is 14.4 Å². The van der Waals surface area contributed by atoms with E-state index in [1.807, 2.05) is 24.5 Å². The molecule has 0 amide bonds. The zero-order valence-electron chi connectivity index (χ0n) is 29.5. The summed E-state index contributed by atoms with van der Waals surface area (Å²) in [7, 11) is 0. The van der Waals surface area contributed by atoms with Gasteiger partial charge in [0.15, 0.2) is 0 Å². The summed E-state index contributed by atoms with van der Waals surface area (Å²) in [5, 5.41) is 2.27. The molecule has 0 aliphatic heterocycles. The van der Waals surface area contributed by atoms with Crippen LogP contribution in [-0.2, 0) is 26.5 Å². The molecule has 1 unspecified atom stereocenters. The molecular weight excluding hydrogens is 777 g/mol. The molecule has 251 valence electrons. The van der Waals surface area contributed by atoms with Crippen LogP contribution in [0.1, 0.15) is 79.8 Å². The van der Waals surface area contributed by atoms with E-state index in [2.05, 4.69) is 155 Å². The molecule has 1 radical (unpaired) electrons. The van der Waals surface area contributed by atoms with Crippen LogP contribution >= 0.6 is 0 Å². The molecule has 1 atom stereocenters. The van der Waals surface area contributed by atoms with Gasteiger partial charge in [-0.2, -0.15) is 0 Å². The Labute approximate surface area is 305 Å². The molecule has 0 saturated heterocycles. The summed E-state index contributed by atoms with van der Waals surface area (Å²) < 4.78 is 6.20. The van der Waals surface area contributed by atoms with E-state index >= 15 is 0 Å². The average molecular weight is 821 g/mol. The quantitative estimate of drug-likeness (QED) is 0.150. The van der Waals surface area contributed by atoms with Gasteiger partial charge in [0.1, 0.15) is 5.58 Å². The number of fused-ring (bicyclic) bond motifs is 3. The topological polar surface area (TPSA) is 38.9 Å². The summed E-state index contributed by atoms with van der Waals surface area (Å²) in [6, 6.07) is 40.5. The Morgan fingerprint density at radius 1 is 0.694 bits per heavy atom. The Morgan fingerprint density at radius 3 is 2.16 bits per heavy atom. The summed E-state index contributed by atoms with van der Waals surface area (Å²) in [6.07, 6.45) is 4.97. The second-order valence-corrected chi connectivity index (χ2v) is 13.6. The van der Waals surface area contributed by atoms with Gasteiger partial charge in [-0.15, -0.1) is 59.2 Å². The third-order valence-corrected chi connectivity index (χ3v) is 9.03. The summed E-state index contributed by atoms with van der Waals surface area (Å²) >= 11 is 0. The van der Waals surface area contributed by atoms with Crippen LogP contribution in [0, 0.1) is 31.9 Å². The average Bonchev–Trinajstić information content (AvgIpc) is 3.48. The molecule has 0 spiro atoms. The molecule has 3 nitrogen and oxygen atoms in total. The molecule has 0 fully saturated rings. The maximum absolute atomic E-state index is 6.20. The molecule has 3 heterocycles. The minimum absolute atomic E-state index is 0. The number of para-hydroxylation sites is 1. The Morgan fingerprint density at radius 2 is 1.45 bits per heavy atom. The zero-order chi connectivity index (χ0) is 33.8. The molecule has 7 rings (SSSR count). The van der Waals surface area contributed by atoms with E-state index in [-0.39, 0.29) is 20.1 Å². The number of hydrogen-bond donors (Lipinski definition) is 0. The maximum Gasteiger partial charge on any atom is 0.124 e. The minimum atomic E-state index is 0. The summed E-state index contributed by atoms with van der Waals surface area (Å²) in [5.74, 6) is 1.39. The molecule has 0 N–H and O–H groups in total. The fourth-order valence-corrected chi connectivity index (χ4v) is 6.20. The molecular formula is C45H44IrN2O-2. The van der Waals surface area contributed by atoms with E-state index in [0.29, 0.717) is 17.8 Å². The van der Waals surface area contributed by atoms with E-state index in [1.54, 1.807) is 0 Å². The zero-order valence-corrected chi connectivity index (χ0v) is 31.9. The first-order valence-electron chi connectivity index (χ1n) is 17.0. The fourth-order valence-electron chi connectivity index (χ4n) is 6.20. The molecule has 0 bridgehead atoms. The fraction of sp³-hybridized carbons (Fsp3) is 0.244. The molecule has 7 aromatic rings. The van der Waals surface area contributed by atoms with E-state index in [4.69, 9.17) is 4.42 Å². The van der Waals surface area contributed by atoms with Crippen molar-refractivity contribution in [3.05, 3.63) is 155 Å². The number of nitrogens with zero attached hydrogens (tertiary/aromatic N) is 2.